The number of hydrogen-bond donors (Lipinski definition) is 1. The van der Waals surface area contributed by atoms with Crippen LogP contribution < -0.4 is 5.32 Å². The number of imidazole rings is 1. The van der Waals surface area contributed by atoms with Crippen molar-refractivity contribution in [1.29, 1.82) is 0 Å². The summed E-state index contributed by atoms with van der Waals surface area (Å²) in [6, 6.07) is 0.336. The predicted octanol–water partition coefficient (Wildman–Crippen LogP) is 4.80. The van der Waals surface area contributed by atoms with E-state index < -0.39 is 0 Å². The van der Waals surface area contributed by atoms with Gasteiger partial charge in [0.15, 0.2) is 0 Å². The minimum absolute atomic E-state index is 0.111. The lowest BCUT2D eigenvalue weighted by atomic mass is 9.47. The third-order valence-electron chi connectivity index (χ3n) is 8.83. The number of carbonyl (C=O) groups is 1. The summed E-state index contributed by atoms with van der Waals surface area (Å²) >= 11 is 0. The van der Waals surface area contributed by atoms with Gasteiger partial charge < -0.3 is 9.88 Å². The van der Waals surface area contributed by atoms with Gasteiger partial charge in [-0.1, -0.05) is 31.6 Å². The molecule has 1 aromatic heterocycles. The van der Waals surface area contributed by atoms with Crippen LogP contribution in [0, 0.1) is 28.6 Å². The molecule has 150 valence electrons. The highest BCUT2D eigenvalue weighted by Crippen LogP contribution is 2.65. The maximum atomic E-state index is 11.5. The van der Waals surface area contributed by atoms with E-state index in [-0.39, 0.29) is 11.3 Å². The zero-order chi connectivity index (χ0) is 19.5. The molecular formula is C24H33N3O. The van der Waals surface area contributed by atoms with Crippen LogP contribution in [-0.4, -0.2) is 21.5 Å². The van der Waals surface area contributed by atoms with E-state index in [1.54, 1.807) is 12.5 Å². The van der Waals surface area contributed by atoms with E-state index in [1.165, 1.54) is 37.8 Å². The first-order valence-electron chi connectivity index (χ1n) is 11.1. The van der Waals surface area contributed by atoms with Crippen molar-refractivity contribution in [2.24, 2.45) is 28.6 Å². The first-order chi connectivity index (χ1) is 13.4. The van der Waals surface area contributed by atoms with Crippen LogP contribution in [0.2, 0.25) is 0 Å². The standard InChI is InChI=1S/C24H33N3O/c1-16(28)26-18-8-10-23(2)17(14-18)4-5-19-20-6-7-22(27-13-12-25-15-27)24(20,3)11-9-21(19)23/h4,7,12-13,15,18-21H,5-6,8-11,14H2,1-3H3,(H,26,28)/t18?,19?,20?,21?,23-,24-/m0/s1. The molecule has 2 saturated carbocycles. The lowest BCUT2D eigenvalue weighted by molar-refractivity contribution is -0.120. The molecule has 28 heavy (non-hydrogen) atoms. The summed E-state index contributed by atoms with van der Waals surface area (Å²) in [6.45, 7) is 6.68. The van der Waals surface area contributed by atoms with Crippen LogP contribution in [0.5, 0.6) is 0 Å². The van der Waals surface area contributed by atoms with Gasteiger partial charge in [0.05, 0.1) is 6.33 Å². The predicted molar refractivity (Wildman–Crippen MR) is 111 cm³/mol. The van der Waals surface area contributed by atoms with Gasteiger partial charge in [-0.2, -0.15) is 0 Å². The Morgan fingerprint density at radius 1 is 1.14 bits per heavy atom. The molecule has 1 amide bonds. The second-order valence-electron chi connectivity index (χ2n) is 10.2. The van der Waals surface area contributed by atoms with Crippen LogP contribution in [0.15, 0.2) is 36.4 Å². The summed E-state index contributed by atoms with van der Waals surface area (Å²) < 4.78 is 2.25. The molecule has 1 aromatic rings. The minimum atomic E-state index is 0.111. The second kappa shape index (κ2) is 6.33. The molecule has 0 bridgehead atoms. The van der Waals surface area contributed by atoms with Crippen LogP contribution in [-0.2, 0) is 4.79 Å². The summed E-state index contributed by atoms with van der Waals surface area (Å²) in [6.07, 6.45) is 19.4. The van der Waals surface area contributed by atoms with Crippen molar-refractivity contribution >= 4 is 11.6 Å². The Morgan fingerprint density at radius 2 is 1.96 bits per heavy atom. The van der Waals surface area contributed by atoms with Gasteiger partial charge in [0.2, 0.25) is 5.91 Å². The second-order valence-corrected chi connectivity index (χ2v) is 10.2. The molecule has 6 atom stereocenters. The minimum Gasteiger partial charge on any atom is -0.353 e. The van der Waals surface area contributed by atoms with Gasteiger partial charge in [-0.15, -0.1) is 0 Å². The Bertz CT molecular complexity index is 838. The molecule has 0 aliphatic heterocycles. The van der Waals surface area contributed by atoms with E-state index in [0.29, 0.717) is 11.5 Å². The average Bonchev–Trinajstić information content (AvgIpc) is 3.28. The largest absolute Gasteiger partial charge is 0.353 e. The molecule has 5 rings (SSSR count). The highest BCUT2D eigenvalue weighted by molar-refractivity contribution is 5.73. The first-order valence-corrected chi connectivity index (χ1v) is 11.1. The van der Waals surface area contributed by atoms with E-state index in [1.807, 2.05) is 12.5 Å². The number of amides is 1. The molecule has 4 aliphatic carbocycles. The third kappa shape index (κ3) is 2.56. The van der Waals surface area contributed by atoms with E-state index >= 15 is 0 Å². The summed E-state index contributed by atoms with van der Waals surface area (Å²) in [5, 5.41) is 3.17. The van der Waals surface area contributed by atoms with E-state index in [9.17, 15) is 4.79 Å². The zero-order valence-electron chi connectivity index (χ0n) is 17.4. The van der Waals surface area contributed by atoms with Gasteiger partial charge >= 0.3 is 0 Å². The summed E-state index contributed by atoms with van der Waals surface area (Å²) in [5.41, 5.74) is 3.71. The molecule has 0 radical (unpaired) electrons. The smallest absolute Gasteiger partial charge is 0.217 e. The summed E-state index contributed by atoms with van der Waals surface area (Å²) in [4.78, 5) is 15.8. The number of aromatic nitrogens is 2. The highest BCUT2D eigenvalue weighted by Gasteiger charge is 2.57. The number of hydrogen-bond acceptors (Lipinski definition) is 2. The van der Waals surface area contributed by atoms with Gasteiger partial charge in [0.25, 0.3) is 0 Å². The molecule has 0 spiro atoms. The molecule has 0 aromatic carbocycles. The molecule has 1 N–H and O–H groups in total. The maximum Gasteiger partial charge on any atom is 0.217 e. The van der Waals surface area contributed by atoms with Crippen molar-refractivity contribution in [1.82, 2.24) is 14.9 Å². The van der Waals surface area contributed by atoms with Crippen molar-refractivity contribution in [3.8, 4) is 0 Å². The monoisotopic (exact) mass is 379 g/mol. The molecule has 4 unspecified atom stereocenters. The van der Waals surface area contributed by atoms with Gasteiger partial charge in [0.1, 0.15) is 0 Å². The maximum absolute atomic E-state index is 11.5. The molecule has 0 saturated heterocycles. The Balaban J connectivity index is 1.41. The molecule has 4 aliphatic rings. The fourth-order valence-electron chi connectivity index (χ4n) is 7.42. The van der Waals surface area contributed by atoms with Crippen molar-refractivity contribution in [3.63, 3.8) is 0 Å². The van der Waals surface area contributed by atoms with Crippen molar-refractivity contribution < 1.29 is 4.79 Å². The van der Waals surface area contributed by atoms with Gasteiger partial charge in [0, 0.05) is 36.5 Å². The first kappa shape index (κ1) is 18.2. The van der Waals surface area contributed by atoms with Gasteiger partial charge in [-0.3, -0.25) is 4.79 Å². The molecular weight excluding hydrogens is 346 g/mol. The highest BCUT2D eigenvalue weighted by atomic mass is 16.1. The Morgan fingerprint density at radius 3 is 2.71 bits per heavy atom. The van der Waals surface area contributed by atoms with Crippen LogP contribution >= 0.6 is 0 Å². The lowest BCUT2D eigenvalue weighted by Crippen LogP contribution is -2.51. The Hall–Kier alpha value is -1.84. The lowest BCUT2D eigenvalue weighted by Gasteiger charge is -2.58. The van der Waals surface area contributed by atoms with Crippen LogP contribution in [0.4, 0.5) is 0 Å². The molecule has 4 heteroatoms. The Kier molecular flexibility index (Phi) is 4.12. The number of fused-ring (bicyclic) bond motifs is 5. The van der Waals surface area contributed by atoms with Gasteiger partial charge in [-0.05, 0) is 68.1 Å². The van der Waals surface area contributed by atoms with Crippen molar-refractivity contribution in [2.75, 3.05) is 0 Å². The number of carbonyl (C=O) groups excluding carboxylic acids is 1. The zero-order valence-corrected chi connectivity index (χ0v) is 17.4. The molecule has 1 heterocycles. The van der Waals surface area contributed by atoms with E-state index in [4.69, 9.17) is 0 Å². The van der Waals surface area contributed by atoms with Crippen molar-refractivity contribution in [3.05, 3.63) is 36.4 Å². The quantitative estimate of drug-likeness (QED) is 0.750. The van der Waals surface area contributed by atoms with Gasteiger partial charge in [-0.25, -0.2) is 4.98 Å². The van der Waals surface area contributed by atoms with Crippen molar-refractivity contribution in [2.45, 2.75) is 71.8 Å². The molecule has 4 nitrogen and oxygen atoms in total. The van der Waals surface area contributed by atoms with E-state index in [0.717, 1.165) is 30.6 Å². The number of allylic oxidation sites excluding steroid dienone is 3. The SMILES string of the molecule is CC(=O)NC1CC[C@@]2(C)C(=CCC3C2CC[C@]2(C)C(n4ccnc4)=CCC32)C1. The topological polar surface area (TPSA) is 46.9 Å². The summed E-state index contributed by atoms with van der Waals surface area (Å²) in [7, 11) is 0. The normalized spacial score (nSPS) is 42.0. The molecule has 2 fully saturated rings. The van der Waals surface area contributed by atoms with E-state index in [2.05, 4.69) is 47.1 Å². The number of rotatable bonds is 2. The summed E-state index contributed by atoms with van der Waals surface area (Å²) in [5.74, 6) is 2.42. The Labute approximate surface area is 168 Å². The number of nitrogens with zero attached hydrogens (tertiary/aromatic N) is 2. The third-order valence-corrected chi connectivity index (χ3v) is 8.83. The fourth-order valence-corrected chi connectivity index (χ4v) is 7.42. The fraction of sp³-hybridized carbons (Fsp3) is 0.667. The van der Waals surface area contributed by atoms with Crippen LogP contribution in [0.25, 0.3) is 5.70 Å². The average molecular weight is 380 g/mol. The van der Waals surface area contributed by atoms with Crippen LogP contribution in [0.3, 0.4) is 0 Å². The van der Waals surface area contributed by atoms with Crippen LogP contribution in [0.1, 0.15) is 65.7 Å². The number of nitrogens with one attached hydrogen (secondary N) is 1.